The number of nitro groups is 1. The van der Waals surface area contributed by atoms with Crippen LogP contribution >= 0.6 is 0 Å². The first kappa shape index (κ1) is 16.9. The Labute approximate surface area is 130 Å². The Morgan fingerprint density at radius 2 is 1.95 bits per heavy atom. The monoisotopic (exact) mass is 328 g/mol. The second kappa shape index (κ2) is 6.72. The van der Waals surface area contributed by atoms with Crippen molar-refractivity contribution >= 4 is 15.7 Å². The van der Waals surface area contributed by atoms with Gasteiger partial charge < -0.3 is 0 Å². The maximum absolute atomic E-state index is 12.7. The van der Waals surface area contributed by atoms with Crippen LogP contribution in [0.25, 0.3) is 0 Å². The molecule has 0 bridgehead atoms. The molecule has 0 heterocycles. The minimum atomic E-state index is -3.94. The fraction of sp³-hybridized carbons (Fsp3) is 0.571. The summed E-state index contributed by atoms with van der Waals surface area (Å²) in [6.45, 7) is 3.42. The summed E-state index contributed by atoms with van der Waals surface area (Å²) in [5.74, 6) is 0. The second-order valence-corrected chi connectivity index (χ2v) is 7.40. The van der Waals surface area contributed by atoms with Crippen molar-refractivity contribution in [3.63, 3.8) is 0 Å². The normalized spacial score (nSPS) is 16.5. The van der Waals surface area contributed by atoms with Crippen molar-refractivity contribution < 1.29 is 18.2 Å². The van der Waals surface area contributed by atoms with Gasteiger partial charge in [0.2, 0.25) is 0 Å². The van der Waals surface area contributed by atoms with Gasteiger partial charge in [-0.25, -0.2) is 8.42 Å². The second-order valence-electron chi connectivity index (χ2n) is 5.62. The molecular weight excluding hydrogens is 308 g/mol. The van der Waals surface area contributed by atoms with Crippen LogP contribution in [-0.4, -0.2) is 30.0 Å². The number of hydrogen-bond acceptors (Lipinski definition) is 5. The molecule has 0 unspecified atom stereocenters. The van der Waals surface area contributed by atoms with E-state index in [1.165, 1.54) is 18.2 Å². The van der Waals surface area contributed by atoms with Gasteiger partial charge in [-0.15, -0.1) is 0 Å². The lowest BCUT2D eigenvalue weighted by Gasteiger charge is -2.27. The highest BCUT2D eigenvalue weighted by Crippen LogP contribution is 2.27. The zero-order valence-electron chi connectivity index (χ0n) is 12.6. The van der Waals surface area contributed by atoms with Gasteiger partial charge in [-0.05, 0) is 32.8 Å². The van der Waals surface area contributed by atoms with Gasteiger partial charge in [0.15, 0.2) is 0 Å². The first-order valence-corrected chi connectivity index (χ1v) is 8.72. The minimum absolute atomic E-state index is 0.115. The molecule has 1 aliphatic rings. The molecule has 0 atom stereocenters. The molecule has 22 heavy (non-hydrogen) atoms. The van der Waals surface area contributed by atoms with Gasteiger partial charge >= 0.3 is 0 Å². The molecule has 0 radical (unpaired) electrons. The third-order valence-electron chi connectivity index (χ3n) is 3.54. The highest BCUT2D eigenvalue weighted by molar-refractivity contribution is 7.89. The first-order chi connectivity index (χ1) is 10.3. The molecule has 8 heteroatoms. The van der Waals surface area contributed by atoms with Crippen molar-refractivity contribution in [2.75, 3.05) is 0 Å². The summed E-state index contributed by atoms with van der Waals surface area (Å²) in [4.78, 5) is 15.8. The summed E-state index contributed by atoms with van der Waals surface area (Å²) in [5, 5.41) is 10.8. The van der Waals surface area contributed by atoms with Crippen LogP contribution in [0.2, 0.25) is 0 Å². The molecule has 0 saturated heterocycles. The molecular formula is C14H20N2O5S. The SMILES string of the molecule is CC(C)N(OC1CCCC1)S(=O)(=O)c1cccc([N+](=O)[O-])c1. The molecule has 0 aromatic heterocycles. The molecule has 122 valence electrons. The smallest absolute Gasteiger partial charge is 0.270 e. The standard InChI is InChI=1S/C14H20N2O5S/c1-11(2)16(21-13-7-3-4-8-13)22(19,20)14-9-5-6-12(10-14)15(17)18/h5-6,9-11,13H,3-4,7-8H2,1-2H3. The van der Waals surface area contributed by atoms with E-state index < -0.39 is 21.0 Å². The van der Waals surface area contributed by atoms with E-state index in [-0.39, 0.29) is 16.7 Å². The molecule has 1 saturated carbocycles. The highest BCUT2D eigenvalue weighted by Gasteiger charge is 2.32. The summed E-state index contributed by atoms with van der Waals surface area (Å²) in [6, 6.07) is 4.62. The van der Waals surface area contributed by atoms with Gasteiger partial charge in [-0.1, -0.05) is 23.4 Å². The Balaban J connectivity index is 2.32. The van der Waals surface area contributed by atoms with Crippen LogP contribution in [0.3, 0.4) is 0 Å². The predicted molar refractivity (Wildman–Crippen MR) is 80.6 cm³/mol. The van der Waals surface area contributed by atoms with Gasteiger partial charge in [0.1, 0.15) is 0 Å². The lowest BCUT2D eigenvalue weighted by molar-refractivity contribution is -0.385. The van der Waals surface area contributed by atoms with Crippen molar-refractivity contribution in [2.24, 2.45) is 0 Å². The number of sulfonamides is 1. The van der Waals surface area contributed by atoms with E-state index in [2.05, 4.69) is 0 Å². The Hall–Kier alpha value is -1.51. The topological polar surface area (TPSA) is 89.8 Å². The van der Waals surface area contributed by atoms with E-state index in [0.717, 1.165) is 36.2 Å². The fourth-order valence-electron chi connectivity index (χ4n) is 2.46. The Bertz CT molecular complexity index is 638. The summed E-state index contributed by atoms with van der Waals surface area (Å²) in [5.41, 5.74) is -0.259. The maximum Gasteiger partial charge on any atom is 0.270 e. The third kappa shape index (κ3) is 3.63. The zero-order chi connectivity index (χ0) is 16.3. The first-order valence-electron chi connectivity index (χ1n) is 7.28. The molecule has 0 N–H and O–H groups in total. The molecule has 0 amide bonds. The quantitative estimate of drug-likeness (QED) is 0.591. The summed E-state index contributed by atoms with van der Waals surface area (Å²) >= 11 is 0. The van der Waals surface area contributed by atoms with Crippen molar-refractivity contribution in [3.8, 4) is 0 Å². The highest BCUT2D eigenvalue weighted by atomic mass is 32.2. The van der Waals surface area contributed by atoms with E-state index in [4.69, 9.17) is 4.84 Å². The van der Waals surface area contributed by atoms with Crippen LogP contribution in [0.1, 0.15) is 39.5 Å². The van der Waals surface area contributed by atoms with Gasteiger partial charge in [0.05, 0.1) is 15.9 Å². The fourth-order valence-corrected chi connectivity index (χ4v) is 3.98. The van der Waals surface area contributed by atoms with Crippen LogP contribution in [0.4, 0.5) is 5.69 Å². The number of nitro benzene ring substituents is 1. The summed E-state index contributed by atoms with van der Waals surface area (Å²) in [6.07, 6.45) is 3.58. The number of nitrogens with zero attached hydrogens (tertiary/aromatic N) is 2. The molecule has 1 aromatic rings. The van der Waals surface area contributed by atoms with Crippen LogP contribution in [0.15, 0.2) is 29.2 Å². The van der Waals surface area contributed by atoms with Crippen LogP contribution < -0.4 is 0 Å². The molecule has 0 spiro atoms. The van der Waals surface area contributed by atoms with E-state index in [9.17, 15) is 18.5 Å². The van der Waals surface area contributed by atoms with Crippen molar-refractivity contribution in [2.45, 2.75) is 56.6 Å². The number of hydrogen-bond donors (Lipinski definition) is 0. The maximum atomic E-state index is 12.7. The molecule has 7 nitrogen and oxygen atoms in total. The van der Waals surface area contributed by atoms with E-state index >= 15 is 0 Å². The van der Waals surface area contributed by atoms with E-state index in [1.54, 1.807) is 13.8 Å². The molecule has 0 aliphatic heterocycles. The van der Waals surface area contributed by atoms with Crippen LogP contribution in [0.5, 0.6) is 0 Å². The number of non-ortho nitro benzene ring substituents is 1. The average molecular weight is 328 g/mol. The van der Waals surface area contributed by atoms with Gasteiger partial charge in [0, 0.05) is 18.2 Å². The lowest BCUT2D eigenvalue weighted by atomic mass is 10.3. The molecule has 1 fully saturated rings. The van der Waals surface area contributed by atoms with Crippen LogP contribution in [0, 0.1) is 10.1 Å². The molecule has 1 aliphatic carbocycles. The van der Waals surface area contributed by atoms with Gasteiger partial charge in [0.25, 0.3) is 15.7 Å². The van der Waals surface area contributed by atoms with E-state index in [0.29, 0.717) is 0 Å². The van der Waals surface area contributed by atoms with Crippen molar-refractivity contribution in [1.82, 2.24) is 4.47 Å². The number of rotatable bonds is 6. The van der Waals surface area contributed by atoms with Crippen LogP contribution in [-0.2, 0) is 14.9 Å². The Morgan fingerprint density at radius 3 is 2.50 bits per heavy atom. The van der Waals surface area contributed by atoms with Crippen molar-refractivity contribution in [1.29, 1.82) is 0 Å². The van der Waals surface area contributed by atoms with Gasteiger partial charge in [-0.3, -0.25) is 15.0 Å². The number of benzene rings is 1. The molecule has 2 rings (SSSR count). The number of hydroxylamine groups is 1. The summed E-state index contributed by atoms with van der Waals surface area (Å²) < 4.78 is 26.4. The minimum Gasteiger partial charge on any atom is -0.280 e. The zero-order valence-corrected chi connectivity index (χ0v) is 13.5. The van der Waals surface area contributed by atoms with Gasteiger partial charge in [-0.2, -0.15) is 0 Å². The lowest BCUT2D eigenvalue weighted by Crippen LogP contribution is -2.39. The Kier molecular flexibility index (Phi) is 5.15. The largest absolute Gasteiger partial charge is 0.280 e. The third-order valence-corrected chi connectivity index (χ3v) is 5.37. The predicted octanol–water partition coefficient (Wildman–Crippen LogP) is 2.87. The summed E-state index contributed by atoms with van der Waals surface area (Å²) in [7, 11) is -3.94. The average Bonchev–Trinajstić information content (AvgIpc) is 2.97. The Morgan fingerprint density at radius 1 is 1.32 bits per heavy atom. The molecule has 1 aromatic carbocycles. The van der Waals surface area contributed by atoms with Crippen molar-refractivity contribution in [3.05, 3.63) is 34.4 Å². The van der Waals surface area contributed by atoms with E-state index in [1.807, 2.05) is 0 Å².